The molecule has 110 valence electrons. The zero-order chi connectivity index (χ0) is 15.3. The highest BCUT2D eigenvalue weighted by molar-refractivity contribution is 6.03. The lowest BCUT2D eigenvalue weighted by Crippen LogP contribution is -2.38. The number of esters is 1. The molecule has 0 aliphatic rings. The number of carbonyl (C=O) groups is 2. The fourth-order valence-electron chi connectivity index (χ4n) is 1.48. The molecular weight excluding hydrogens is 263 g/mol. The normalized spacial score (nSPS) is 11.1. The lowest BCUT2D eigenvalue weighted by atomic mass is 9.88. The van der Waals surface area contributed by atoms with Crippen LogP contribution in [0.4, 0.5) is 4.39 Å². The molecule has 0 saturated carbocycles. The Morgan fingerprint density at radius 3 is 2.55 bits per heavy atom. The quantitative estimate of drug-likeness (QED) is 0.594. The van der Waals surface area contributed by atoms with Crippen LogP contribution in [0.5, 0.6) is 5.75 Å². The van der Waals surface area contributed by atoms with Crippen molar-refractivity contribution in [2.24, 2.45) is 5.41 Å². The molecule has 1 aromatic carbocycles. The summed E-state index contributed by atoms with van der Waals surface area (Å²) in [6.45, 7) is 6.28. The monoisotopic (exact) mass is 282 g/mol. The van der Waals surface area contributed by atoms with Crippen LogP contribution in [0.25, 0.3) is 0 Å². The lowest BCUT2D eigenvalue weighted by molar-refractivity contribution is -0.158. The number of carbonyl (C=O) groups excluding carboxylic acids is 2. The second kappa shape index (κ2) is 6.50. The van der Waals surface area contributed by atoms with Gasteiger partial charge in [0.15, 0.2) is 5.78 Å². The molecule has 0 aliphatic heterocycles. The maximum atomic E-state index is 13.1. The van der Waals surface area contributed by atoms with E-state index in [1.165, 1.54) is 26.0 Å². The first-order chi connectivity index (χ1) is 9.28. The number of rotatable bonds is 6. The Morgan fingerprint density at radius 1 is 1.30 bits per heavy atom. The van der Waals surface area contributed by atoms with Crippen LogP contribution in [-0.4, -0.2) is 25.0 Å². The van der Waals surface area contributed by atoms with Crippen LogP contribution in [0.2, 0.25) is 0 Å². The van der Waals surface area contributed by atoms with Gasteiger partial charge in [0.05, 0.1) is 6.61 Å². The Kier molecular flexibility index (Phi) is 5.25. The van der Waals surface area contributed by atoms with Gasteiger partial charge in [-0.3, -0.25) is 9.59 Å². The minimum Gasteiger partial charge on any atom is -0.485 e. The predicted molar refractivity (Wildman–Crippen MR) is 72.1 cm³/mol. The molecule has 0 bridgehead atoms. The van der Waals surface area contributed by atoms with Crippen molar-refractivity contribution in [3.05, 3.63) is 29.6 Å². The van der Waals surface area contributed by atoms with E-state index in [0.717, 1.165) is 0 Å². The maximum Gasteiger partial charge on any atom is 0.319 e. The molecule has 0 heterocycles. The zero-order valence-electron chi connectivity index (χ0n) is 12.2. The summed E-state index contributed by atoms with van der Waals surface area (Å²) in [6, 6.07) is 4.08. The molecule has 0 aliphatic carbocycles. The Morgan fingerprint density at radius 2 is 1.95 bits per heavy atom. The summed E-state index contributed by atoms with van der Waals surface area (Å²) < 4.78 is 23.2. The van der Waals surface area contributed by atoms with Crippen molar-refractivity contribution in [2.75, 3.05) is 13.2 Å². The van der Waals surface area contributed by atoms with Crippen LogP contribution < -0.4 is 4.74 Å². The molecule has 0 unspecified atom stereocenters. The standard InChI is InChI=1S/C15H19FO4/c1-5-19-14(18)15(3,4)13(17)9-20-12-8-11(16)7-6-10(12)2/h6-8H,5,9H2,1-4H3. The van der Waals surface area contributed by atoms with Crippen molar-refractivity contribution in [3.8, 4) is 5.75 Å². The van der Waals surface area contributed by atoms with E-state index in [9.17, 15) is 14.0 Å². The van der Waals surface area contributed by atoms with Gasteiger partial charge in [-0.25, -0.2) is 4.39 Å². The van der Waals surface area contributed by atoms with Crippen LogP contribution in [0.15, 0.2) is 18.2 Å². The number of benzene rings is 1. The molecule has 0 saturated heterocycles. The first-order valence-electron chi connectivity index (χ1n) is 6.38. The highest BCUT2D eigenvalue weighted by atomic mass is 19.1. The predicted octanol–water partition coefficient (Wildman–Crippen LogP) is 2.67. The van der Waals surface area contributed by atoms with E-state index in [-0.39, 0.29) is 19.0 Å². The molecule has 5 heteroatoms. The molecule has 0 N–H and O–H groups in total. The topological polar surface area (TPSA) is 52.6 Å². The Labute approximate surface area is 117 Å². The van der Waals surface area contributed by atoms with Gasteiger partial charge in [0.2, 0.25) is 0 Å². The molecule has 4 nitrogen and oxygen atoms in total. The summed E-state index contributed by atoms with van der Waals surface area (Å²) in [4.78, 5) is 23.7. The van der Waals surface area contributed by atoms with Crippen molar-refractivity contribution >= 4 is 11.8 Å². The van der Waals surface area contributed by atoms with Crippen LogP contribution in [0, 0.1) is 18.2 Å². The van der Waals surface area contributed by atoms with E-state index in [2.05, 4.69) is 0 Å². The van der Waals surface area contributed by atoms with Crippen molar-refractivity contribution in [2.45, 2.75) is 27.7 Å². The minimum atomic E-state index is -1.28. The second-order valence-electron chi connectivity index (χ2n) is 4.97. The third-order valence-electron chi connectivity index (χ3n) is 2.99. The second-order valence-corrected chi connectivity index (χ2v) is 4.97. The molecule has 20 heavy (non-hydrogen) atoms. The Bertz CT molecular complexity index is 509. The number of halogens is 1. The number of ether oxygens (including phenoxy) is 2. The van der Waals surface area contributed by atoms with E-state index in [1.54, 1.807) is 19.9 Å². The fraction of sp³-hybridized carbons (Fsp3) is 0.467. The van der Waals surface area contributed by atoms with Crippen LogP contribution >= 0.6 is 0 Å². The van der Waals surface area contributed by atoms with Gasteiger partial charge in [0, 0.05) is 6.07 Å². The molecule has 0 atom stereocenters. The van der Waals surface area contributed by atoms with Gasteiger partial charge >= 0.3 is 5.97 Å². The van der Waals surface area contributed by atoms with Crippen LogP contribution in [0.1, 0.15) is 26.3 Å². The lowest BCUT2D eigenvalue weighted by Gasteiger charge is -2.21. The van der Waals surface area contributed by atoms with Gasteiger partial charge < -0.3 is 9.47 Å². The van der Waals surface area contributed by atoms with Gasteiger partial charge in [-0.05, 0) is 39.3 Å². The van der Waals surface area contributed by atoms with Gasteiger partial charge in [0.1, 0.15) is 23.6 Å². The fourth-order valence-corrected chi connectivity index (χ4v) is 1.48. The molecule has 0 spiro atoms. The summed E-state index contributed by atoms with van der Waals surface area (Å²) in [7, 11) is 0. The summed E-state index contributed by atoms with van der Waals surface area (Å²) in [5, 5.41) is 0. The summed E-state index contributed by atoms with van der Waals surface area (Å²) in [5.41, 5.74) is -0.565. The zero-order valence-corrected chi connectivity index (χ0v) is 12.2. The third-order valence-corrected chi connectivity index (χ3v) is 2.99. The van der Waals surface area contributed by atoms with Crippen LogP contribution in [0.3, 0.4) is 0 Å². The smallest absolute Gasteiger partial charge is 0.319 e. The molecule has 0 aromatic heterocycles. The SMILES string of the molecule is CCOC(=O)C(C)(C)C(=O)COc1cc(F)ccc1C. The molecule has 1 rings (SSSR count). The minimum absolute atomic E-state index is 0.208. The first-order valence-corrected chi connectivity index (χ1v) is 6.38. The summed E-state index contributed by atoms with van der Waals surface area (Å²) in [5.74, 6) is -1.16. The van der Waals surface area contributed by atoms with Crippen molar-refractivity contribution in [1.82, 2.24) is 0 Å². The Balaban J connectivity index is 2.71. The van der Waals surface area contributed by atoms with Gasteiger partial charge in [-0.2, -0.15) is 0 Å². The van der Waals surface area contributed by atoms with E-state index in [0.29, 0.717) is 5.56 Å². The highest BCUT2D eigenvalue weighted by Gasteiger charge is 2.37. The van der Waals surface area contributed by atoms with Crippen molar-refractivity contribution in [3.63, 3.8) is 0 Å². The molecular formula is C15H19FO4. The average Bonchev–Trinajstić information content (AvgIpc) is 2.39. The van der Waals surface area contributed by atoms with Gasteiger partial charge in [0.25, 0.3) is 0 Å². The van der Waals surface area contributed by atoms with Crippen molar-refractivity contribution in [1.29, 1.82) is 0 Å². The van der Waals surface area contributed by atoms with E-state index < -0.39 is 23.0 Å². The maximum absolute atomic E-state index is 13.1. The van der Waals surface area contributed by atoms with E-state index >= 15 is 0 Å². The molecule has 0 amide bonds. The number of aryl methyl sites for hydroxylation is 1. The van der Waals surface area contributed by atoms with Gasteiger partial charge in [-0.1, -0.05) is 6.07 Å². The molecule has 0 fully saturated rings. The third kappa shape index (κ3) is 3.79. The average molecular weight is 282 g/mol. The number of Topliss-reactive ketones (excluding diaryl/α,β-unsaturated/α-hetero) is 1. The molecule has 0 radical (unpaired) electrons. The molecule has 1 aromatic rings. The number of ketones is 1. The van der Waals surface area contributed by atoms with E-state index in [1.807, 2.05) is 0 Å². The summed E-state index contributed by atoms with van der Waals surface area (Å²) in [6.07, 6.45) is 0. The first kappa shape index (κ1) is 16.1. The van der Waals surface area contributed by atoms with E-state index in [4.69, 9.17) is 9.47 Å². The van der Waals surface area contributed by atoms with Crippen LogP contribution in [-0.2, 0) is 14.3 Å². The Hall–Kier alpha value is -1.91. The highest BCUT2D eigenvalue weighted by Crippen LogP contribution is 2.22. The number of hydrogen-bond acceptors (Lipinski definition) is 4. The number of hydrogen-bond donors (Lipinski definition) is 0. The van der Waals surface area contributed by atoms with Gasteiger partial charge in [-0.15, -0.1) is 0 Å². The summed E-state index contributed by atoms with van der Waals surface area (Å²) >= 11 is 0. The van der Waals surface area contributed by atoms with Crippen molar-refractivity contribution < 1.29 is 23.5 Å². The largest absolute Gasteiger partial charge is 0.485 e.